The molecule has 0 radical (unpaired) electrons. The monoisotopic (exact) mass is 263 g/mol. The number of urea groups is 1. The van der Waals surface area contributed by atoms with Gasteiger partial charge in [0.05, 0.1) is 10.6 Å². The van der Waals surface area contributed by atoms with Crippen molar-refractivity contribution in [1.29, 1.82) is 0 Å². The smallest absolute Gasteiger partial charge is 0.324 e. The van der Waals surface area contributed by atoms with Gasteiger partial charge in [-0.1, -0.05) is 6.07 Å². The van der Waals surface area contributed by atoms with Crippen molar-refractivity contribution in [2.24, 2.45) is 0 Å². The van der Waals surface area contributed by atoms with Crippen molar-refractivity contribution in [3.05, 3.63) is 33.9 Å². The molecule has 1 heterocycles. The van der Waals surface area contributed by atoms with Crippen LogP contribution >= 0.6 is 0 Å². The topological polar surface area (TPSA) is 66.7 Å². The largest absolute Gasteiger partial charge is 0.325 e. The van der Waals surface area contributed by atoms with E-state index in [0.29, 0.717) is 25.3 Å². The quantitative estimate of drug-likeness (QED) is 0.621. The van der Waals surface area contributed by atoms with Gasteiger partial charge in [0, 0.05) is 31.8 Å². The van der Waals surface area contributed by atoms with E-state index < -0.39 is 4.92 Å². The molecular formula is C13H17N3O3. The molecule has 0 saturated heterocycles. The first-order valence-electron chi connectivity index (χ1n) is 6.42. The Morgan fingerprint density at radius 1 is 1.42 bits per heavy atom. The van der Waals surface area contributed by atoms with Crippen molar-refractivity contribution in [2.45, 2.75) is 20.3 Å². The highest BCUT2D eigenvalue weighted by atomic mass is 16.6. The molecule has 0 fully saturated rings. The van der Waals surface area contributed by atoms with Gasteiger partial charge in [0.15, 0.2) is 0 Å². The number of carbonyl (C=O) groups is 1. The molecule has 102 valence electrons. The lowest BCUT2D eigenvalue weighted by molar-refractivity contribution is -0.384. The van der Waals surface area contributed by atoms with Crippen LogP contribution in [0.5, 0.6) is 0 Å². The summed E-state index contributed by atoms with van der Waals surface area (Å²) in [6.07, 6.45) is 0.750. The maximum absolute atomic E-state index is 12.3. The lowest BCUT2D eigenvalue weighted by Crippen LogP contribution is -2.42. The van der Waals surface area contributed by atoms with Gasteiger partial charge in [0.1, 0.15) is 0 Å². The first-order chi connectivity index (χ1) is 9.08. The molecule has 0 bridgehead atoms. The van der Waals surface area contributed by atoms with Crippen molar-refractivity contribution in [3.8, 4) is 0 Å². The number of rotatable bonds is 3. The van der Waals surface area contributed by atoms with Crippen LogP contribution in [0, 0.1) is 10.1 Å². The molecule has 0 unspecified atom stereocenters. The molecule has 0 aliphatic carbocycles. The van der Waals surface area contributed by atoms with Crippen LogP contribution in [0.25, 0.3) is 0 Å². The highest BCUT2D eigenvalue weighted by Gasteiger charge is 2.28. The van der Waals surface area contributed by atoms with E-state index in [4.69, 9.17) is 0 Å². The Morgan fingerprint density at radius 3 is 2.68 bits per heavy atom. The van der Waals surface area contributed by atoms with Crippen molar-refractivity contribution >= 4 is 17.4 Å². The van der Waals surface area contributed by atoms with Gasteiger partial charge in [-0.25, -0.2) is 4.79 Å². The molecule has 0 aromatic heterocycles. The number of anilines is 1. The summed E-state index contributed by atoms with van der Waals surface area (Å²) in [7, 11) is 0. The number of non-ortho nitro benzene ring substituents is 1. The molecular weight excluding hydrogens is 246 g/mol. The van der Waals surface area contributed by atoms with Gasteiger partial charge in [-0.15, -0.1) is 0 Å². The molecule has 1 aromatic rings. The summed E-state index contributed by atoms with van der Waals surface area (Å²) >= 11 is 0. The van der Waals surface area contributed by atoms with Gasteiger partial charge in [-0.05, 0) is 25.8 Å². The van der Waals surface area contributed by atoms with Crippen LogP contribution in [0.1, 0.15) is 19.4 Å². The molecule has 0 spiro atoms. The fraction of sp³-hybridized carbons (Fsp3) is 0.462. The van der Waals surface area contributed by atoms with E-state index in [9.17, 15) is 14.9 Å². The number of fused-ring (bicyclic) bond motifs is 1. The number of hydrogen-bond donors (Lipinski definition) is 0. The molecule has 1 aliphatic heterocycles. The van der Waals surface area contributed by atoms with Crippen LogP contribution in [-0.4, -0.2) is 35.5 Å². The van der Waals surface area contributed by atoms with Gasteiger partial charge in [-0.3, -0.25) is 15.0 Å². The second-order valence-corrected chi connectivity index (χ2v) is 4.43. The zero-order valence-corrected chi connectivity index (χ0v) is 11.1. The van der Waals surface area contributed by atoms with E-state index in [1.54, 1.807) is 15.9 Å². The zero-order valence-electron chi connectivity index (χ0n) is 11.1. The van der Waals surface area contributed by atoms with Gasteiger partial charge in [0.25, 0.3) is 5.69 Å². The maximum Gasteiger partial charge on any atom is 0.324 e. The number of nitro groups is 1. The molecule has 0 N–H and O–H groups in total. The van der Waals surface area contributed by atoms with E-state index in [0.717, 1.165) is 12.0 Å². The predicted octanol–water partition coefficient (Wildman–Crippen LogP) is 2.42. The molecule has 0 atom stereocenters. The minimum Gasteiger partial charge on any atom is -0.325 e. The Balaban J connectivity index is 2.32. The van der Waals surface area contributed by atoms with Gasteiger partial charge in [-0.2, -0.15) is 0 Å². The molecule has 6 nitrogen and oxygen atoms in total. The van der Waals surface area contributed by atoms with Gasteiger partial charge >= 0.3 is 6.03 Å². The van der Waals surface area contributed by atoms with Crippen molar-refractivity contribution in [1.82, 2.24) is 4.90 Å². The van der Waals surface area contributed by atoms with Gasteiger partial charge in [0.2, 0.25) is 0 Å². The Labute approximate surface area is 111 Å². The third kappa shape index (κ3) is 2.38. The van der Waals surface area contributed by atoms with Crippen molar-refractivity contribution < 1.29 is 9.72 Å². The Hall–Kier alpha value is -2.11. The molecule has 1 aliphatic rings. The third-order valence-corrected chi connectivity index (χ3v) is 3.44. The summed E-state index contributed by atoms with van der Waals surface area (Å²) < 4.78 is 0. The number of hydrogen-bond acceptors (Lipinski definition) is 3. The van der Waals surface area contributed by atoms with Crippen molar-refractivity contribution in [3.63, 3.8) is 0 Å². The predicted molar refractivity (Wildman–Crippen MR) is 72.5 cm³/mol. The first kappa shape index (κ1) is 13.3. The van der Waals surface area contributed by atoms with Gasteiger partial charge < -0.3 is 4.90 Å². The standard InChI is InChI=1S/C13H17N3O3/c1-3-14(4-2)13(17)15-8-7-10-5-6-11(16(18)19)9-12(10)15/h5-6,9H,3-4,7-8H2,1-2H3. The normalized spacial score (nSPS) is 13.3. The SMILES string of the molecule is CCN(CC)C(=O)N1CCc2ccc([N+](=O)[O-])cc21. The summed E-state index contributed by atoms with van der Waals surface area (Å²) in [6.45, 7) is 5.70. The second-order valence-electron chi connectivity index (χ2n) is 4.43. The highest BCUT2D eigenvalue weighted by molar-refractivity contribution is 5.94. The van der Waals surface area contributed by atoms with Crippen LogP contribution in [0.2, 0.25) is 0 Å². The third-order valence-electron chi connectivity index (χ3n) is 3.44. The summed E-state index contributed by atoms with van der Waals surface area (Å²) in [4.78, 5) is 26.1. The average molecular weight is 263 g/mol. The Morgan fingerprint density at radius 2 is 2.11 bits per heavy atom. The number of nitrogens with zero attached hydrogens (tertiary/aromatic N) is 3. The molecule has 6 heteroatoms. The Bertz CT molecular complexity index is 512. The van der Waals surface area contributed by atoms with Crippen LogP contribution in [0.3, 0.4) is 0 Å². The fourth-order valence-electron chi connectivity index (χ4n) is 2.34. The zero-order chi connectivity index (χ0) is 14.0. The first-order valence-corrected chi connectivity index (χ1v) is 6.42. The van der Waals surface area contributed by atoms with Crippen LogP contribution in [0.4, 0.5) is 16.2 Å². The lowest BCUT2D eigenvalue weighted by atomic mass is 10.1. The molecule has 2 amide bonds. The Kier molecular flexibility index (Phi) is 3.69. The molecule has 2 rings (SSSR count). The van der Waals surface area contributed by atoms with Crippen LogP contribution < -0.4 is 4.90 Å². The number of amides is 2. The average Bonchev–Trinajstić information content (AvgIpc) is 2.82. The van der Waals surface area contributed by atoms with Crippen molar-refractivity contribution in [2.75, 3.05) is 24.5 Å². The summed E-state index contributed by atoms with van der Waals surface area (Å²) in [5, 5.41) is 10.8. The molecule has 0 saturated carbocycles. The summed E-state index contributed by atoms with van der Waals surface area (Å²) in [5.74, 6) is 0. The number of carbonyl (C=O) groups excluding carboxylic acids is 1. The molecule has 1 aromatic carbocycles. The van der Waals surface area contributed by atoms with E-state index in [1.165, 1.54) is 12.1 Å². The van der Waals surface area contributed by atoms with Crippen LogP contribution in [0.15, 0.2) is 18.2 Å². The summed E-state index contributed by atoms with van der Waals surface area (Å²) in [6, 6.07) is 4.64. The molecule has 19 heavy (non-hydrogen) atoms. The second kappa shape index (κ2) is 5.26. The van der Waals surface area contributed by atoms with E-state index in [2.05, 4.69) is 0 Å². The highest BCUT2D eigenvalue weighted by Crippen LogP contribution is 2.32. The minimum atomic E-state index is -0.432. The van der Waals surface area contributed by atoms with E-state index in [1.807, 2.05) is 13.8 Å². The number of nitro benzene ring substituents is 1. The number of benzene rings is 1. The van der Waals surface area contributed by atoms with Crippen LogP contribution in [-0.2, 0) is 6.42 Å². The van der Waals surface area contributed by atoms with E-state index in [-0.39, 0.29) is 11.7 Å². The van der Waals surface area contributed by atoms with E-state index >= 15 is 0 Å². The fourth-order valence-corrected chi connectivity index (χ4v) is 2.34. The minimum absolute atomic E-state index is 0.0259. The summed E-state index contributed by atoms with van der Waals surface area (Å²) in [5.41, 5.74) is 1.69. The maximum atomic E-state index is 12.3. The lowest BCUT2D eigenvalue weighted by Gasteiger charge is -2.26.